The molecule has 0 saturated heterocycles. The van der Waals surface area contributed by atoms with Crippen LogP contribution in [0.4, 0.5) is 0 Å². The van der Waals surface area contributed by atoms with Gasteiger partial charge < -0.3 is 16.5 Å². The smallest absolute Gasteiger partial charge is 0.125 e. The highest BCUT2D eigenvalue weighted by Gasteiger charge is 2.12. The summed E-state index contributed by atoms with van der Waals surface area (Å²) in [6.07, 6.45) is 3.33. The molecule has 0 aliphatic rings. The third-order valence-corrected chi connectivity index (χ3v) is 2.95. The number of nitrogens with two attached hydrogens (primary N) is 1. The molecule has 0 amide bonds. The lowest BCUT2D eigenvalue weighted by molar-refractivity contribution is 0.705. The van der Waals surface area contributed by atoms with E-state index < -0.39 is 0 Å². The SMILES string of the molecule is BC(B)(CN)N/C=C\C(=N)c1ccc(C#N)c(Cl)c1. The molecule has 0 bridgehead atoms. The van der Waals surface area contributed by atoms with Crippen molar-refractivity contribution in [2.45, 2.75) is 5.34 Å². The summed E-state index contributed by atoms with van der Waals surface area (Å²) in [5, 5.41) is 20.0. The van der Waals surface area contributed by atoms with Crippen LogP contribution in [0.15, 0.2) is 30.5 Å². The van der Waals surface area contributed by atoms with Gasteiger partial charge in [-0.2, -0.15) is 5.26 Å². The van der Waals surface area contributed by atoms with Crippen LogP contribution in [0.3, 0.4) is 0 Å². The number of hydrogen-bond acceptors (Lipinski definition) is 4. The second-order valence-electron chi connectivity index (χ2n) is 4.79. The van der Waals surface area contributed by atoms with Crippen LogP contribution in [0.2, 0.25) is 5.02 Å². The Labute approximate surface area is 120 Å². The topological polar surface area (TPSA) is 85.7 Å². The highest BCUT2D eigenvalue weighted by Crippen LogP contribution is 2.17. The maximum atomic E-state index is 8.78. The molecule has 0 aliphatic carbocycles. The van der Waals surface area contributed by atoms with Crippen molar-refractivity contribution in [2.24, 2.45) is 5.73 Å². The lowest BCUT2D eigenvalue weighted by atomic mass is 9.62. The van der Waals surface area contributed by atoms with E-state index in [4.69, 9.17) is 28.0 Å². The molecular formula is C12H15B2ClN4. The number of rotatable bonds is 5. The van der Waals surface area contributed by atoms with Gasteiger partial charge in [-0.25, -0.2) is 0 Å². The van der Waals surface area contributed by atoms with E-state index in [1.807, 2.05) is 21.8 Å². The Morgan fingerprint density at radius 3 is 2.79 bits per heavy atom. The molecule has 1 aromatic carbocycles. The molecular weight excluding hydrogens is 257 g/mol. The molecule has 1 rings (SSSR count). The number of nitriles is 1. The lowest BCUT2D eigenvalue weighted by Gasteiger charge is -2.22. The fourth-order valence-corrected chi connectivity index (χ4v) is 1.50. The zero-order valence-corrected chi connectivity index (χ0v) is 11.8. The summed E-state index contributed by atoms with van der Waals surface area (Å²) in [4.78, 5) is 0. The molecule has 0 spiro atoms. The minimum Gasteiger partial charge on any atom is -0.400 e. The van der Waals surface area contributed by atoms with Gasteiger partial charge in [-0.05, 0) is 29.7 Å². The highest BCUT2D eigenvalue weighted by molar-refractivity contribution is 6.40. The van der Waals surface area contributed by atoms with Gasteiger partial charge in [-0.3, -0.25) is 0 Å². The zero-order chi connectivity index (χ0) is 14.5. The molecule has 0 radical (unpaired) electrons. The number of allylic oxidation sites excluding steroid dienone is 1. The first-order chi connectivity index (χ1) is 8.89. The third-order valence-electron chi connectivity index (χ3n) is 2.63. The maximum absolute atomic E-state index is 8.78. The van der Waals surface area contributed by atoms with Crippen LogP contribution in [-0.4, -0.2) is 33.3 Å². The molecule has 0 fully saturated rings. The molecule has 0 aromatic heterocycles. The van der Waals surface area contributed by atoms with Gasteiger partial charge >= 0.3 is 0 Å². The number of halogens is 1. The van der Waals surface area contributed by atoms with Gasteiger partial charge in [-0.1, -0.05) is 17.7 Å². The Morgan fingerprint density at radius 2 is 2.26 bits per heavy atom. The minimum atomic E-state index is -0.209. The van der Waals surface area contributed by atoms with Crippen LogP contribution >= 0.6 is 11.6 Å². The normalized spacial score (nSPS) is 11.2. The summed E-state index contributed by atoms with van der Waals surface area (Å²) in [5.41, 5.74) is 6.97. The maximum Gasteiger partial charge on any atom is 0.125 e. The summed E-state index contributed by atoms with van der Waals surface area (Å²) < 4.78 is 0. The van der Waals surface area contributed by atoms with Crippen LogP contribution < -0.4 is 11.1 Å². The molecule has 0 unspecified atom stereocenters. The molecule has 4 N–H and O–H groups in total. The van der Waals surface area contributed by atoms with Gasteiger partial charge in [0.05, 0.1) is 16.3 Å². The van der Waals surface area contributed by atoms with Crippen LogP contribution in [-0.2, 0) is 0 Å². The molecule has 7 heteroatoms. The van der Waals surface area contributed by atoms with E-state index in [9.17, 15) is 0 Å². The Hall–Kier alpha value is -1.70. The van der Waals surface area contributed by atoms with Crippen molar-refractivity contribution in [1.82, 2.24) is 5.32 Å². The first-order valence-corrected chi connectivity index (χ1v) is 6.20. The van der Waals surface area contributed by atoms with Gasteiger partial charge in [0.1, 0.15) is 21.8 Å². The first kappa shape index (κ1) is 15.4. The van der Waals surface area contributed by atoms with E-state index in [1.54, 1.807) is 30.5 Å². The van der Waals surface area contributed by atoms with Crippen LogP contribution in [0, 0.1) is 16.7 Å². The summed E-state index contributed by atoms with van der Waals surface area (Å²) in [6, 6.07) is 6.91. The van der Waals surface area contributed by atoms with E-state index in [0.717, 1.165) is 0 Å². The average Bonchev–Trinajstić information content (AvgIpc) is 2.38. The van der Waals surface area contributed by atoms with Crippen molar-refractivity contribution in [3.63, 3.8) is 0 Å². The van der Waals surface area contributed by atoms with Crippen molar-refractivity contribution in [3.8, 4) is 6.07 Å². The minimum absolute atomic E-state index is 0.209. The van der Waals surface area contributed by atoms with Crippen molar-refractivity contribution in [2.75, 3.05) is 6.54 Å². The summed E-state index contributed by atoms with van der Waals surface area (Å²) in [6.45, 7) is 0.493. The largest absolute Gasteiger partial charge is 0.400 e. The second-order valence-corrected chi connectivity index (χ2v) is 5.19. The standard InChI is InChI=1S/C12H15B2ClN4/c13-12(14,7-17)19-4-3-11(18)8-1-2-9(6-16)10(15)5-8/h1-5,18-19H,7,13-14,17H2/b4-3-,18-11?. The fourth-order valence-electron chi connectivity index (χ4n) is 1.28. The monoisotopic (exact) mass is 272 g/mol. The van der Waals surface area contributed by atoms with E-state index in [1.165, 1.54) is 0 Å². The summed E-state index contributed by atoms with van der Waals surface area (Å²) in [7, 11) is 3.94. The van der Waals surface area contributed by atoms with Crippen molar-refractivity contribution >= 4 is 33.0 Å². The Kier molecular flexibility index (Phi) is 5.22. The van der Waals surface area contributed by atoms with Gasteiger partial charge in [0, 0.05) is 12.1 Å². The van der Waals surface area contributed by atoms with E-state index in [0.29, 0.717) is 28.4 Å². The van der Waals surface area contributed by atoms with Gasteiger partial charge in [0.2, 0.25) is 0 Å². The molecule has 0 aliphatic heterocycles. The summed E-state index contributed by atoms with van der Waals surface area (Å²) in [5.74, 6) is 0. The molecule has 0 atom stereocenters. The van der Waals surface area contributed by atoms with Crippen LogP contribution in [0.5, 0.6) is 0 Å². The van der Waals surface area contributed by atoms with E-state index >= 15 is 0 Å². The third kappa shape index (κ3) is 4.47. The second kappa shape index (κ2) is 6.46. The van der Waals surface area contributed by atoms with Gasteiger partial charge in [-0.15, -0.1) is 0 Å². The lowest BCUT2D eigenvalue weighted by Crippen LogP contribution is -2.50. The van der Waals surface area contributed by atoms with Crippen molar-refractivity contribution in [3.05, 3.63) is 46.6 Å². The molecule has 1 aromatic rings. The predicted molar refractivity (Wildman–Crippen MR) is 84.1 cm³/mol. The number of nitrogens with one attached hydrogen (secondary N) is 2. The number of benzene rings is 1. The van der Waals surface area contributed by atoms with Crippen molar-refractivity contribution < 1.29 is 0 Å². The van der Waals surface area contributed by atoms with Crippen LogP contribution in [0.1, 0.15) is 11.1 Å². The van der Waals surface area contributed by atoms with Crippen molar-refractivity contribution in [1.29, 1.82) is 10.7 Å². The van der Waals surface area contributed by atoms with Gasteiger partial charge in [0.15, 0.2) is 0 Å². The molecule has 4 nitrogen and oxygen atoms in total. The van der Waals surface area contributed by atoms with Gasteiger partial charge in [0.25, 0.3) is 0 Å². The van der Waals surface area contributed by atoms with E-state index in [-0.39, 0.29) is 5.34 Å². The summed E-state index contributed by atoms with van der Waals surface area (Å²) >= 11 is 5.93. The number of hydrogen-bond donors (Lipinski definition) is 3. The Balaban J connectivity index is 2.77. The molecule has 19 heavy (non-hydrogen) atoms. The zero-order valence-electron chi connectivity index (χ0n) is 11.0. The molecule has 96 valence electrons. The quantitative estimate of drug-likeness (QED) is 0.502. The number of nitrogens with zero attached hydrogens (tertiary/aromatic N) is 1. The Bertz CT molecular complexity index is 549. The Morgan fingerprint density at radius 1 is 1.58 bits per heavy atom. The van der Waals surface area contributed by atoms with E-state index in [2.05, 4.69) is 5.32 Å². The predicted octanol–water partition coefficient (Wildman–Crippen LogP) is -0.438. The molecule has 0 saturated carbocycles. The fraction of sp³-hybridized carbons (Fsp3) is 0.167. The molecule has 0 heterocycles. The highest BCUT2D eigenvalue weighted by atomic mass is 35.5. The van der Waals surface area contributed by atoms with Crippen LogP contribution in [0.25, 0.3) is 0 Å². The first-order valence-electron chi connectivity index (χ1n) is 5.82. The average molecular weight is 272 g/mol.